The first-order chi connectivity index (χ1) is 6.36. The van der Waals surface area contributed by atoms with Gasteiger partial charge in [-0.15, -0.1) is 0 Å². The fourth-order valence-electron chi connectivity index (χ4n) is 2.09. The molecule has 0 spiro atoms. The molecule has 0 aliphatic carbocycles. The van der Waals surface area contributed by atoms with Gasteiger partial charge in [0.05, 0.1) is 13.2 Å². The number of nitrogens with zero attached hydrogens (tertiary/aromatic N) is 1. The molecule has 3 heteroatoms. The molecule has 76 valence electrons. The second-order valence-electron chi connectivity index (χ2n) is 4.15. The monoisotopic (exact) mass is 201 g/mol. The molecular formula is C10H19NOS. The number of thioether (sulfide) groups is 1. The maximum atomic E-state index is 5.43. The number of rotatable bonds is 2. The van der Waals surface area contributed by atoms with Crippen molar-refractivity contribution in [3.8, 4) is 0 Å². The minimum absolute atomic E-state index is 0.638. The Morgan fingerprint density at radius 1 is 1.54 bits per heavy atom. The van der Waals surface area contributed by atoms with Crippen LogP contribution in [0.25, 0.3) is 0 Å². The fraction of sp³-hybridized carbons (Fsp3) is 1.00. The zero-order valence-electron chi connectivity index (χ0n) is 8.37. The fourth-order valence-corrected chi connectivity index (χ4v) is 3.36. The van der Waals surface area contributed by atoms with Crippen molar-refractivity contribution in [1.29, 1.82) is 0 Å². The van der Waals surface area contributed by atoms with E-state index in [0.717, 1.165) is 25.7 Å². The summed E-state index contributed by atoms with van der Waals surface area (Å²) >= 11 is 2.11. The van der Waals surface area contributed by atoms with Gasteiger partial charge in [-0.25, -0.2) is 0 Å². The first-order valence-corrected chi connectivity index (χ1v) is 6.41. The lowest BCUT2D eigenvalue weighted by atomic mass is 10.1. The van der Waals surface area contributed by atoms with E-state index in [4.69, 9.17) is 4.74 Å². The highest BCUT2D eigenvalue weighted by Crippen LogP contribution is 2.25. The Hall–Kier alpha value is 0.270. The molecule has 2 atom stereocenters. The van der Waals surface area contributed by atoms with Gasteiger partial charge >= 0.3 is 0 Å². The van der Waals surface area contributed by atoms with Crippen molar-refractivity contribution in [3.05, 3.63) is 0 Å². The van der Waals surface area contributed by atoms with Crippen molar-refractivity contribution >= 4 is 11.8 Å². The van der Waals surface area contributed by atoms with Crippen LogP contribution in [-0.4, -0.2) is 48.8 Å². The molecule has 0 aromatic heterocycles. The third-order valence-corrected chi connectivity index (χ3v) is 4.25. The third-order valence-electron chi connectivity index (χ3n) is 3.02. The molecule has 2 rings (SSSR count). The highest BCUT2D eigenvalue weighted by molar-refractivity contribution is 7.99. The lowest BCUT2D eigenvalue weighted by Crippen LogP contribution is -2.45. The van der Waals surface area contributed by atoms with Gasteiger partial charge in [0.15, 0.2) is 0 Å². The molecule has 1 unspecified atom stereocenters. The van der Waals surface area contributed by atoms with Crippen molar-refractivity contribution in [3.63, 3.8) is 0 Å². The van der Waals surface area contributed by atoms with Gasteiger partial charge in [-0.1, -0.05) is 0 Å². The molecule has 13 heavy (non-hydrogen) atoms. The van der Waals surface area contributed by atoms with Crippen LogP contribution in [0.2, 0.25) is 0 Å². The number of hydrogen-bond acceptors (Lipinski definition) is 3. The normalized spacial score (nSPS) is 36.7. The van der Waals surface area contributed by atoms with E-state index < -0.39 is 0 Å². The van der Waals surface area contributed by atoms with E-state index in [1.54, 1.807) is 0 Å². The van der Waals surface area contributed by atoms with Gasteiger partial charge in [0.2, 0.25) is 0 Å². The van der Waals surface area contributed by atoms with Crippen LogP contribution >= 0.6 is 11.8 Å². The summed E-state index contributed by atoms with van der Waals surface area (Å²) in [5.74, 6) is 3.71. The summed E-state index contributed by atoms with van der Waals surface area (Å²) in [6.07, 6.45) is 1.43. The number of morpholine rings is 1. The van der Waals surface area contributed by atoms with Crippen molar-refractivity contribution in [2.75, 3.05) is 37.8 Å². The smallest absolute Gasteiger partial charge is 0.0619 e. The van der Waals surface area contributed by atoms with Gasteiger partial charge in [-0.3, -0.25) is 4.90 Å². The standard InChI is InChI=1S/C10H19NOS/c1-9-7-12-4-3-11(9)6-10-2-5-13-8-10/h9-10H,2-8H2,1H3/t9-,10?/m1/s1. The zero-order chi connectivity index (χ0) is 9.10. The Morgan fingerprint density at radius 2 is 2.46 bits per heavy atom. The molecular weight excluding hydrogens is 182 g/mol. The lowest BCUT2D eigenvalue weighted by molar-refractivity contribution is -0.00574. The Kier molecular flexibility index (Phi) is 3.52. The molecule has 0 amide bonds. The minimum atomic E-state index is 0.638. The van der Waals surface area contributed by atoms with Crippen LogP contribution in [-0.2, 0) is 4.74 Å². The van der Waals surface area contributed by atoms with Crippen LogP contribution in [0.4, 0.5) is 0 Å². The van der Waals surface area contributed by atoms with Gasteiger partial charge in [0.1, 0.15) is 0 Å². The summed E-state index contributed by atoms with van der Waals surface area (Å²) in [6, 6.07) is 0.638. The first-order valence-electron chi connectivity index (χ1n) is 5.26. The molecule has 2 nitrogen and oxygen atoms in total. The van der Waals surface area contributed by atoms with Crippen molar-refractivity contribution in [2.45, 2.75) is 19.4 Å². The molecule has 0 aromatic carbocycles. The highest BCUT2D eigenvalue weighted by atomic mass is 32.2. The molecule has 2 heterocycles. The Balaban J connectivity index is 1.78. The Labute approximate surface area is 85.0 Å². The summed E-state index contributed by atoms with van der Waals surface area (Å²) in [5.41, 5.74) is 0. The number of ether oxygens (including phenoxy) is 1. The van der Waals surface area contributed by atoms with Crippen LogP contribution < -0.4 is 0 Å². The molecule has 0 saturated carbocycles. The summed E-state index contributed by atoms with van der Waals surface area (Å²) in [6.45, 7) is 6.59. The van der Waals surface area contributed by atoms with E-state index in [2.05, 4.69) is 23.6 Å². The van der Waals surface area contributed by atoms with E-state index in [1.807, 2.05) is 0 Å². The van der Waals surface area contributed by atoms with Crippen LogP contribution in [0.5, 0.6) is 0 Å². The van der Waals surface area contributed by atoms with Crippen LogP contribution in [0.3, 0.4) is 0 Å². The van der Waals surface area contributed by atoms with Gasteiger partial charge in [-0.05, 0) is 30.8 Å². The minimum Gasteiger partial charge on any atom is -0.379 e. The van der Waals surface area contributed by atoms with Crippen LogP contribution in [0.15, 0.2) is 0 Å². The Morgan fingerprint density at radius 3 is 3.15 bits per heavy atom. The highest BCUT2D eigenvalue weighted by Gasteiger charge is 2.24. The maximum absolute atomic E-state index is 5.43. The summed E-state index contributed by atoms with van der Waals surface area (Å²) in [4.78, 5) is 2.60. The van der Waals surface area contributed by atoms with Gasteiger partial charge in [-0.2, -0.15) is 11.8 Å². The SMILES string of the molecule is C[C@@H]1COCCN1CC1CCSC1. The first kappa shape index (κ1) is 9.81. The third kappa shape index (κ3) is 2.61. The van der Waals surface area contributed by atoms with Crippen molar-refractivity contribution in [1.82, 2.24) is 4.90 Å². The lowest BCUT2D eigenvalue weighted by Gasteiger charge is -2.34. The summed E-state index contributed by atoms with van der Waals surface area (Å²) in [5, 5.41) is 0. The van der Waals surface area contributed by atoms with Crippen LogP contribution in [0.1, 0.15) is 13.3 Å². The molecule has 0 bridgehead atoms. The average molecular weight is 201 g/mol. The van der Waals surface area contributed by atoms with Gasteiger partial charge in [0, 0.05) is 19.1 Å². The summed E-state index contributed by atoms with van der Waals surface area (Å²) in [7, 11) is 0. The molecule has 0 N–H and O–H groups in total. The van der Waals surface area contributed by atoms with E-state index in [1.165, 1.54) is 24.5 Å². The molecule has 2 fully saturated rings. The van der Waals surface area contributed by atoms with Crippen molar-refractivity contribution < 1.29 is 4.74 Å². The largest absolute Gasteiger partial charge is 0.379 e. The van der Waals surface area contributed by atoms with E-state index in [-0.39, 0.29) is 0 Å². The van der Waals surface area contributed by atoms with Gasteiger partial charge in [0.25, 0.3) is 0 Å². The second kappa shape index (κ2) is 4.67. The quantitative estimate of drug-likeness (QED) is 0.671. The number of hydrogen-bond donors (Lipinski definition) is 0. The molecule has 0 aromatic rings. The molecule has 2 aliphatic heterocycles. The molecule has 2 aliphatic rings. The topological polar surface area (TPSA) is 12.5 Å². The maximum Gasteiger partial charge on any atom is 0.0619 e. The Bertz CT molecular complexity index is 159. The van der Waals surface area contributed by atoms with E-state index >= 15 is 0 Å². The van der Waals surface area contributed by atoms with E-state index in [9.17, 15) is 0 Å². The molecule has 0 radical (unpaired) electrons. The second-order valence-corrected chi connectivity index (χ2v) is 5.30. The predicted octanol–water partition coefficient (Wildman–Crippen LogP) is 1.46. The van der Waals surface area contributed by atoms with Gasteiger partial charge < -0.3 is 4.74 Å². The van der Waals surface area contributed by atoms with E-state index in [0.29, 0.717) is 6.04 Å². The van der Waals surface area contributed by atoms with Crippen molar-refractivity contribution in [2.24, 2.45) is 5.92 Å². The predicted molar refractivity (Wildman–Crippen MR) is 57.3 cm³/mol. The summed E-state index contributed by atoms with van der Waals surface area (Å²) < 4.78 is 5.43. The molecule has 2 saturated heterocycles. The van der Waals surface area contributed by atoms with Crippen LogP contribution in [0, 0.1) is 5.92 Å². The average Bonchev–Trinajstić information content (AvgIpc) is 2.61. The zero-order valence-corrected chi connectivity index (χ0v) is 9.18.